The van der Waals surface area contributed by atoms with Crippen LogP contribution in [0.5, 0.6) is 0 Å². The number of rotatable bonds is 4. The highest BCUT2D eigenvalue weighted by atomic mass is 16.5. The third-order valence-electron chi connectivity index (χ3n) is 4.63. The Morgan fingerprint density at radius 1 is 1.38 bits per heavy atom. The van der Waals surface area contributed by atoms with E-state index in [4.69, 9.17) is 4.74 Å². The summed E-state index contributed by atoms with van der Waals surface area (Å²) in [4.78, 5) is 24.0. The molecular formula is C17H21NO3. The molecule has 2 aliphatic carbocycles. The van der Waals surface area contributed by atoms with Gasteiger partial charge in [0.2, 0.25) is 5.91 Å². The van der Waals surface area contributed by atoms with E-state index in [1.807, 2.05) is 6.07 Å². The van der Waals surface area contributed by atoms with Gasteiger partial charge in [-0.15, -0.1) is 0 Å². The van der Waals surface area contributed by atoms with Crippen molar-refractivity contribution in [3.05, 3.63) is 35.4 Å². The lowest BCUT2D eigenvalue weighted by molar-refractivity contribution is -0.147. The lowest BCUT2D eigenvalue weighted by atomic mass is 9.92. The molecule has 4 unspecified atom stereocenters. The molecule has 0 saturated heterocycles. The van der Waals surface area contributed by atoms with Crippen LogP contribution in [0.4, 0.5) is 0 Å². The van der Waals surface area contributed by atoms with Gasteiger partial charge in [0.1, 0.15) is 6.04 Å². The van der Waals surface area contributed by atoms with Gasteiger partial charge in [0, 0.05) is 5.92 Å². The van der Waals surface area contributed by atoms with E-state index in [1.165, 1.54) is 11.1 Å². The third-order valence-corrected chi connectivity index (χ3v) is 4.63. The first-order chi connectivity index (χ1) is 10.1. The molecule has 4 nitrogen and oxygen atoms in total. The fourth-order valence-electron chi connectivity index (χ4n) is 3.56. The molecule has 0 heterocycles. The number of fused-ring (bicyclic) bond motifs is 3. The highest BCUT2D eigenvalue weighted by molar-refractivity contribution is 5.88. The zero-order valence-corrected chi connectivity index (χ0v) is 12.5. The van der Waals surface area contributed by atoms with Crippen molar-refractivity contribution in [2.75, 3.05) is 6.61 Å². The van der Waals surface area contributed by atoms with Gasteiger partial charge in [-0.05, 0) is 49.7 Å². The molecule has 1 amide bonds. The third kappa shape index (κ3) is 2.55. The first-order valence-electron chi connectivity index (χ1n) is 7.68. The predicted molar refractivity (Wildman–Crippen MR) is 78.7 cm³/mol. The molecule has 4 atom stereocenters. The normalized spacial score (nSPS) is 27.0. The number of nitrogens with one attached hydrogen (secondary N) is 1. The van der Waals surface area contributed by atoms with Crippen molar-refractivity contribution in [2.45, 2.75) is 38.6 Å². The van der Waals surface area contributed by atoms with Crippen LogP contribution in [-0.2, 0) is 20.7 Å². The van der Waals surface area contributed by atoms with Crippen molar-refractivity contribution < 1.29 is 14.3 Å². The number of hydrogen-bond acceptors (Lipinski definition) is 3. The summed E-state index contributed by atoms with van der Waals surface area (Å²) >= 11 is 0. The molecule has 0 aromatic heterocycles. The summed E-state index contributed by atoms with van der Waals surface area (Å²) in [7, 11) is 0. The predicted octanol–water partition coefficient (Wildman–Crippen LogP) is 2.03. The number of aryl methyl sites for hydroxylation is 1. The number of ether oxygens (including phenoxy) is 1. The van der Waals surface area contributed by atoms with Crippen LogP contribution in [0.1, 0.15) is 37.3 Å². The van der Waals surface area contributed by atoms with E-state index in [-0.39, 0.29) is 17.8 Å². The van der Waals surface area contributed by atoms with Crippen molar-refractivity contribution >= 4 is 11.9 Å². The summed E-state index contributed by atoms with van der Waals surface area (Å²) in [5.74, 6) is 0.418. The Balaban J connectivity index is 1.65. The van der Waals surface area contributed by atoms with Gasteiger partial charge in [-0.2, -0.15) is 0 Å². The second kappa shape index (κ2) is 5.51. The summed E-state index contributed by atoms with van der Waals surface area (Å²) in [6.45, 7) is 3.77. The van der Waals surface area contributed by atoms with Gasteiger partial charge < -0.3 is 10.1 Å². The summed E-state index contributed by atoms with van der Waals surface area (Å²) < 4.78 is 4.93. The molecule has 0 aliphatic heterocycles. The molecule has 3 rings (SSSR count). The zero-order chi connectivity index (χ0) is 15.0. The van der Waals surface area contributed by atoms with E-state index in [1.54, 1.807) is 13.8 Å². The summed E-state index contributed by atoms with van der Waals surface area (Å²) in [6.07, 6.45) is 2.11. The van der Waals surface area contributed by atoms with Crippen LogP contribution in [0.25, 0.3) is 0 Å². The largest absolute Gasteiger partial charge is 0.464 e. The molecule has 0 spiro atoms. The molecule has 1 fully saturated rings. The Bertz CT molecular complexity index is 569. The Labute approximate surface area is 124 Å². The molecule has 2 aliphatic rings. The summed E-state index contributed by atoms with van der Waals surface area (Å²) in [5.41, 5.74) is 2.69. The maximum Gasteiger partial charge on any atom is 0.328 e. The van der Waals surface area contributed by atoms with E-state index in [2.05, 4.69) is 23.5 Å². The molecule has 112 valence electrons. The highest BCUT2D eigenvalue weighted by Crippen LogP contribution is 2.59. The minimum absolute atomic E-state index is 0.0118. The number of carbonyl (C=O) groups is 2. The smallest absolute Gasteiger partial charge is 0.328 e. The van der Waals surface area contributed by atoms with Gasteiger partial charge in [0.15, 0.2) is 0 Å². The average molecular weight is 287 g/mol. The van der Waals surface area contributed by atoms with Crippen molar-refractivity contribution in [1.82, 2.24) is 5.32 Å². The molecule has 1 saturated carbocycles. The van der Waals surface area contributed by atoms with Crippen LogP contribution in [0.2, 0.25) is 0 Å². The van der Waals surface area contributed by atoms with E-state index in [9.17, 15) is 9.59 Å². The number of esters is 1. The monoisotopic (exact) mass is 287 g/mol. The van der Waals surface area contributed by atoms with Crippen molar-refractivity contribution in [2.24, 2.45) is 11.8 Å². The van der Waals surface area contributed by atoms with Crippen LogP contribution < -0.4 is 5.32 Å². The molecule has 1 aromatic rings. The maximum absolute atomic E-state index is 12.4. The average Bonchev–Trinajstić information content (AvgIpc) is 3.22. The first-order valence-corrected chi connectivity index (χ1v) is 7.68. The van der Waals surface area contributed by atoms with Gasteiger partial charge in [0.05, 0.1) is 6.61 Å². The van der Waals surface area contributed by atoms with Crippen LogP contribution in [0.3, 0.4) is 0 Å². The zero-order valence-electron chi connectivity index (χ0n) is 12.5. The van der Waals surface area contributed by atoms with Crippen LogP contribution >= 0.6 is 0 Å². The minimum Gasteiger partial charge on any atom is -0.464 e. The van der Waals surface area contributed by atoms with Gasteiger partial charge in [-0.1, -0.05) is 24.3 Å². The van der Waals surface area contributed by atoms with Crippen LogP contribution in [0.15, 0.2) is 24.3 Å². The van der Waals surface area contributed by atoms with Gasteiger partial charge in [-0.3, -0.25) is 4.79 Å². The molecule has 4 heteroatoms. The number of carbonyl (C=O) groups excluding carboxylic acids is 2. The van der Waals surface area contributed by atoms with E-state index < -0.39 is 6.04 Å². The summed E-state index contributed by atoms with van der Waals surface area (Å²) in [5, 5.41) is 2.80. The number of benzene rings is 1. The number of amides is 1. The van der Waals surface area contributed by atoms with E-state index in [0.717, 1.165) is 12.8 Å². The van der Waals surface area contributed by atoms with Crippen molar-refractivity contribution in [3.63, 3.8) is 0 Å². The standard InChI is InChI=1S/C17H21NO3/c1-3-21-17(20)10(2)18-16(19)15-13-9-8-11-6-4-5-7-12(11)14(13)15/h4-7,10,13-15H,3,8-9H2,1-2H3,(H,18,19). The lowest BCUT2D eigenvalue weighted by Gasteiger charge is -2.13. The fourth-order valence-corrected chi connectivity index (χ4v) is 3.56. The van der Waals surface area contributed by atoms with Crippen LogP contribution in [0, 0.1) is 11.8 Å². The number of hydrogen-bond donors (Lipinski definition) is 1. The van der Waals surface area contributed by atoms with Crippen molar-refractivity contribution in [3.8, 4) is 0 Å². The van der Waals surface area contributed by atoms with E-state index in [0.29, 0.717) is 18.4 Å². The van der Waals surface area contributed by atoms with Crippen LogP contribution in [-0.4, -0.2) is 24.5 Å². The first kappa shape index (κ1) is 14.1. The van der Waals surface area contributed by atoms with Gasteiger partial charge in [0.25, 0.3) is 0 Å². The second-order valence-electron chi connectivity index (χ2n) is 5.94. The molecular weight excluding hydrogens is 266 g/mol. The molecule has 1 aromatic carbocycles. The Kier molecular flexibility index (Phi) is 3.70. The molecule has 21 heavy (non-hydrogen) atoms. The molecule has 0 bridgehead atoms. The molecule has 1 N–H and O–H groups in total. The van der Waals surface area contributed by atoms with Gasteiger partial charge >= 0.3 is 5.97 Å². The Morgan fingerprint density at radius 2 is 2.14 bits per heavy atom. The minimum atomic E-state index is -0.574. The Hall–Kier alpha value is -1.84. The highest BCUT2D eigenvalue weighted by Gasteiger charge is 2.57. The van der Waals surface area contributed by atoms with Crippen molar-refractivity contribution in [1.29, 1.82) is 0 Å². The quantitative estimate of drug-likeness (QED) is 0.862. The topological polar surface area (TPSA) is 55.4 Å². The molecule has 0 radical (unpaired) electrons. The van der Waals surface area contributed by atoms with Gasteiger partial charge in [-0.25, -0.2) is 4.79 Å². The Morgan fingerprint density at radius 3 is 2.90 bits per heavy atom. The lowest BCUT2D eigenvalue weighted by Crippen LogP contribution is -2.40. The fraction of sp³-hybridized carbons (Fsp3) is 0.529. The summed E-state index contributed by atoms with van der Waals surface area (Å²) in [6, 6.07) is 7.80. The second-order valence-corrected chi connectivity index (χ2v) is 5.94. The maximum atomic E-state index is 12.4. The van der Waals surface area contributed by atoms with E-state index >= 15 is 0 Å². The SMILES string of the molecule is CCOC(=O)C(C)NC(=O)C1C2CCc3ccccc3C21.